The number of hydrogen-bond acceptors (Lipinski definition) is 7. The van der Waals surface area contributed by atoms with Crippen LogP contribution in [0.2, 0.25) is 0 Å². The highest BCUT2D eigenvalue weighted by Crippen LogP contribution is 2.37. The van der Waals surface area contributed by atoms with Crippen LogP contribution in [0.3, 0.4) is 0 Å². The second-order valence-corrected chi connectivity index (χ2v) is 10.3. The zero-order valence-corrected chi connectivity index (χ0v) is 18.9. The molecule has 0 atom stereocenters. The largest absolute Gasteiger partial charge is 0.316 e. The van der Waals surface area contributed by atoms with Crippen molar-refractivity contribution >= 4 is 55.6 Å². The molecule has 6 nitrogen and oxygen atoms in total. The van der Waals surface area contributed by atoms with E-state index in [-0.39, 0.29) is 17.2 Å². The summed E-state index contributed by atoms with van der Waals surface area (Å²) in [4.78, 5) is 32.8. The molecule has 3 aromatic rings. The Morgan fingerprint density at radius 1 is 1.31 bits per heavy atom. The van der Waals surface area contributed by atoms with Crippen LogP contribution < -0.4 is 10.9 Å². The zero-order chi connectivity index (χ0) is 20.7. The molecule has 1 aliphatic carbocycles. The smallest absolute Gasteiger partial charge is 0.262 e. The van der Waals surface area contributed by atoms with Gasteiger partial charge in [-0.05, 0) is 50.7 Å². The van der Waals surface area contributed by atoms with Crippen LogP contribution in [0.5, 0.6) is 0 Å². The number of thiophene rings is 2. The molecule has 0 bridgehead atoms. The van der Waals surface area contributed by atoms with E-state index in [1.807, 2.05) is 13.8 Å². The third-order valence-corrected chi connectivity index (χ3v) is 8.58. The molecule has 0 radical (unpaired) electrons. The number of rotatable bonds is 4. The molecular formula is C20H20N4O2S3. The number of anilines is 1. The van der Waals surface area contributed by atoms with Crippen molar-refractivity contribution in [2.24, 2.45) is 7.05 Å². The van der Waals surface area contributed by atoms with Gasteiger partial charge in [-0.2, -0.15) is 5.26 Å². The number of nitriles is 1. The lowest BCUT2D eigenvalue weighted by atomic mass is 9.96. The van der Waals surface area contributed by atoms with Gasteiger partial charge in [0.15, 0.2) is 5.16 Å². The highest BCUT2D eigenvalue weighted by molar-refractivity contribution is 7.99. The maximum Gasteiger partial charge on any atom is 0.262 e. The maximum absolute atomic E-state index is 12.7. The van der Waals surface area contributed by atoms with E-state index in [0.29, 0.717) is 25.9 Å². The molecule has 0 saturated heterocycles. The Kier molecular flexibility index (Phi) is 5.51. The van der Waals surface area contributed by atoms with Crippen molar-refractivity contribution in [1.29, 1.82) is 5.26 Å². The fourth-order valence-electron chi connectivity index (χ4n) is 3.55. The summed E-state index contributed by atoms with van der Waals surface area (Å²) >= 11 is 4.25. The lowest BCUT2D eigenvalue weighted by Crippen LogP contribution is -2.21. The normalized spacial score (nSPS) is 13.3. The molecule has 3 aromatic heterocycles. The molecule has 0 saturated carbocycles. The van der Waals surface area contributed by atoms with E-state index in [9.17, 15) is 14.9 Å². The summed E-state index contributed by atoms with van der Waals surface area (Å²) in [7, 11) is 1.68. The van der Waals surface area contributed by atoms with E-state index in [1.165, 1.54) is 43.9 Å². The van der Waals surface area contributed by atoms with Crippen molar-refractivity contribution in [2.75, 3.05) is 11.1 Å². The van der Waals surface area contributed by atoms with Crippen LogP contribution >= 0.6 is 34.4 Å². The Bertz CT molecular complexity index is 1230. The van der Waals surface area contributed by atoms with E-state index in [1.54, 1.807) is 7.05 Å². The number of nitrogens with one attached hydrogen (secondary N) is 1. The summed E-state index contributed by atoms with van der Waals surface area (Å²) in [5, 5.41) is 14.2. The first-order chi connectivity index (χ1) is 13.9. The molecule has 1 N–H and O–H groups in total. The lowest BCUT2D eigenvalue weighted by Gasteiger charge is -2.09. The second kappa shape index (κ2) is 7.94. The molecule has 0 fully saturated rings. The van der Waals surface area contributed by atoms with Crippen molar-refractivity contribution in [2.45, 2.75) is 44.7 Å². The summed E-state index contributed by atoms with van der Waals surface area (Å²) in [6, 6.07) is 2.26. The standard InChI is InChI=1S/C20H20N4O2S3/c1-10-11(2)28-18-16(10)19(26)24(3)20(23-18)27-9-15(25)22-17-13(8-21)12-6-4-5-7-14(12)29-17/h4-7,9H2,1-3H3,(H,22,25). The molecular weight excluding hydrogens is 424 g/mol. The van der Waals surface area contributed by atoms with Gasteiger partial charge in [-0.25, -0.2) is 4.98 Å². The van der Waals surface area contributed by atoms with Gasteiger partial charge in [0.05, 0.1) is 16.7 Å². The number of carbonyl (C=O) groups excluding carboxylic acids is 1. The van der Waals surface area contributed by atoms with Gasteiger partial charge in [0.2, 0.25) is 5.91 Å². The summed E-state index contributed by atoms with van der Waals surface area (Å²) in [5.41, 5.74) is 2.60. The van der Waals surface area contributed by atoms with Crippen LogP contribution in [0.25, 0.3) is 10.2 Å². The molecule has 4 rings (SSSR count). The molecule has 0 spiro atoms. The molecule has 1 aliphatic rings. The van der Waals surface area contributed by atoms with Gasteiger partial charge in [0, 0.05) is 16.8 Å². The minimum atomic E-state index is -0.196. The van der Waals surface area contributed by atoms with E-state index in [0.717, 1.165) is 41.7 Å². The van der Waals surface area contributed by atoms with Gasteiger partial charge in [0.25, 0.3) is 5.56 Å². The van der Waals surface area contributed by atoms with Crippen molar-refractivity contribution in [3.63, 3.8) is 0 Å². The van der Waals surface area contributed by atoms with E-state index in [2.05, 4.69) is 16.4 Å². The van der Waals surface area contributed by atoms with Crippen LogP contribution in [0.15, 0.2) is 9.95 Å². The van der Waals surface area contributed by atoms with Crippen LogP contribution in [-0.4, -0.2) is 21.2 Å². The van der Waals surface area contributed by atoms with Gasteiger partial charge >= 0.3 is 0 Å². The number of amides is 1. The minimum Gasteiger partial charge on any atom is -0.316 e. The average molecular weight is 445 g/mol. The number of aromatic nitrogens is 2. The van der Waals surface area contributed by atoms with Gasteiger partial charge in [0.1, 0.15) is 15.9 Å². The minimum absolute atomic E-state index is 0.0857. The topological polar surface area (TPSA) is 87.8 Å². The first kappa shape index (κ1) is 20.1. The van der Waals surface area contributed by atoms with Gasteiger partial charge < -0.3 is 5.32 Å². The first-order valence-corrected chi connectivity index (χ1v) is 12.0. The van der Waals surface area contributed by atoms with Gasteiger partial charge in [-0.1, -0.05) is 11.8 Å². The Morgan fingerprint density at radius 2 is 2.07 bits per heavy atom. The van der Waals surface area contributed by atoms with Crippen molar-refractivity contribution in [1.82, 2.24) is 9.55 Å². The summed E-state index contributed by atoms with van der Waals surface area (Å²) in [5.74, 6) is -0.0688. The summed E-state index contributed by atoms with van der Waals surface area (Å²) in [6.07, 6.45) is 4.10. The van der Waals surface area contributed by atoms with Gasteiger partial charge in [-0.15, -0.1) is 22.7 Å². The predicted molar refractivity (Wildman–Crippen MR) is 119 cm³/mol. The Balaban J connectivity index is 1.52. The fourth-order valence-corrected chi connectivity index (χ4v) is 6.65. The predicted octanol–water partition coefficient (Wildman–Crippen LogP) is 4.15. The number of aryl methyl sites for hydroxylation is 3. The highest BCUT2D eigenvalue weighted by Gasteiger charge is 2.22. The molecule has 0 unspecified atom stereocenters. The summed E-state index contributed by atoms with van der Waals surface area (Å²) in [6.45, 7) is 3.92. The highest BCUT2D eigenvalue weighted by atomic mass is 32.2. The van der Waals surface area contributed by atoms with Gasteiger partial charge in [-0.3, -0.25) is 14.2 Å². The van der Waals surface area contributed by atoms with Crippen LogP contribution in [-0.2, 0) is 24.7 Å². The van der Waals surface area contributed by atoms with E-state index in [4.69, 9.17) is 0 Å². The number of thioether (sulfide) groups is 1. The monoisotopic (exact) mass is 444 g/mol. The van der Waals surface area contributed by atoms with E-state index < -0.39 is 0 Å². The van der Waals surface area contributed by atoms with Crippen molar-refractivity contribution < 1.29 is 4.79 Å². The number of fused-ring (bicyclic) bond motifs is 2. The third-order valence-electron chi connectivity index (χ3n) is 5.24. The number of carbonyl (C=O) groups is 1. The SMILES string of the molecule is Cc1sc2nc(SCC(=O)Nc3sc4c(c3C#N)CCCC4)n(C)c(=O)c2c1C. The van der Waals surface area contributed by atoms with Crippen molar-refractivity contribution in [3.8, 4) is 6.07 Å². The summed E-state index contributed by atoms with van der Waals surface area (Å²) < 4.78 is 1.50. The fraction of sp³-hybridized carbons (Fsp3) is 0.400. The Hall–Kier alpha value is -2.15. The molecule has 150 valence electrons. The Labute approximate surface area is 180 Å². The zero-order valence-electron chi connectivity index (χ0n) is 16.4. The maximum atomic E-state index is 12.7. The first-order valence-electron chi connectivity index (χ1n) is 9.34. The van der Waals surface area contributed by atoms with Crippen molar-refractivity contribution in [3.05, 3.63) is 36.8 Å². The van der Waals surface area contributed by atoms with E-state index >= 15 is 0 Å². The molecule has 0 aromatic carbocycles. The Morgan fingerprint density at radius 3 is 2.83 bits per heavy atom. The number of hydrogen-bond donors (Lipinski definition) is 1. The molecule has 29 heavy (non-hydrogen) atoms. The van der Waals surface area contributed by atoms with Crippen LogP contribution in [0, 0.1) is 25.2 Å². The molecule has 1 amide bonds. The lowest BCUT2D eigenvalue weighted by molar-refractivity contribution is -0.113. The quantitative estimate of drug-likeness (QED) is 0.482. The number of nitrogens with zero attached hydrogens (tertiary/aromatic N) is 3. The van der Waals surface area contributed by atoms with Crippen LogP contribution in [0.4, 0.5) is 5.00 Å². The molecule has 3 heterocycles. The second-order valence-electron chi connectivity index (χ2n) is 7.09. The van der Waals surface area contributed by atoms with Crippen LogP contribution in [0.1, 0.15) is 39.3 Å². The third kappa shape index (κ3) is 3.61. The average Bonchev–Trinajstić information content (AvgIpc) is 3.19. The molecule has 0 aliphatic heterocycles. The molecule has 9 heteroatoms.